The molecule has 2 aromatic carbocycles. The second kappa shape index (κ2) is 5.61. The highest BCUT2D eigenvalue weighted by atomic mass is 19.4. The summed E-state index contributed by atoms with van der Waals surface area (Å²) in [6.45, 7) is 0.676. The molecule has 0 spiro atoms. The highest BCUT2D eigenvalue weighted by molar-refractivity contribution is 5.73. The molecule has 0 unspecified atom stereocenters. The smallest absolute Gasteiger partial charge is 0.369 e. The van der Waals surface area contributed by atoms with Crippen LogP contribution in [0.4, 0.5) is 23.4 Å². The highest BCUT2D eigenvalue weighted by Gasteiger charge is 2.30. The summed E-state index contributed by atoms with van der Waals surface area (Å²) in [6.07, 6.45) is -3.71. The van der Waals surface area contributed by atoms with Gasteiger partial charge in [-0.15, -0.1) is 0 Å². The maximum Gasteiger partial charge on any atom is 0.416 e. The van der Waals surface area contributed by atoms with E-state index in [4.69, 9.17) is 0 Å². The Balaban J connectivity index is 1.82. The Morgan fingerprint density at radius 3 is 2.40 bits per heavy atom. The van der Waals surface area contributed by atoms with E-state index in [9.17, 15) is 17.6 Å². The summed E-state index contributed by atoms with van der Waals surface area (Å²) in [5, 5.41) is 7.64. The molecule has 1 aromatic heterocycles. The molecule has 4 rings (SSSR count). The molecular weight excluding hydrogens is 334 g/mol. The van der Waals surface area contributed by atoms with E-state index in [1.807, 2.05) is 0 Å². The Morgan fingerprint density at radius 2 is 1.72 bits per heavy atom. The molecule has 2 heterocycles. The Morgan fingerprint density at radius 1 is 1.00 bits per heavy atom. The summed E-state index contributed by atoms with van der Waals surface area (Å²) in [5.41, 5.74) is 1.53. The molecule has 128 valence electrons. The number of nitrogens with one attached hydrogen (secondary N) is 1. The van der Waals surface area contributed by atoms with Gasteiger partial charge >= 0.3 is 6.18 Å². The zero-order valence-electron chi connectivity index (χ0n) is 12.9. The van der Waals surface area contributed by atoms with Crippen LogP contribution < -0.4 is 5.32 Å². The predicted octanol–water partition coefficient (Wildman–Crippen LogP) is 4.67. The first kappa shape index (κ1) is 15.7. The monoisotopic (exact) mass is 347 g/mol. The van der Waals surface area contributed by atoms with Crippen LogP contribution in [-0.4, -0.2) is 16.3 Å². The Labute approximate surface area is 140 Å². The van der Waals surface area contributed by atoms with Gasteiger partial charge < -0.3 is 5.32 Å². The normalized spacial score (nSPS) is 13.6. The van der Waals surface area contributed by atoms with E-state index < -0.39 is 11.7 Å². The fraction of sp³-hybridized carbons (Fsp3) is 0.167. The van der Waals surface area contributed by atoms with Crippen molar-refractivity contribution < 1.29 is 17.6 Å². The molecular formula is C18H13F4N3. The number of aromatic nitrogens is 2. The van der Waals surface area contributed by atoms with Gasteiger partial charge in [0.2, 0.25) is 0 Å². The van der Waals surface area contributed by atoms with Crippen molar-refractivity contribution in [3.8, 4) is 16.9 Å². The Kier molecular flexibility index (Phi) is 3.52. The molecule has 1 aliphatic heterocycles. The summed E-state index contributed by atoms with van der Waals surface area (Å²) in [7, 11) is 0. The molecule has 3 aromatic rings. The molecule has 0 aliphatic carbocycles. The van der Waals surface area contributed by atoms with Gasteiger partial charge in [0.1, 0.15) is 17.3 Å². The summed E-state index contributed by atoms with van der Waals surface area (Å²) >= 11 is 0. The standard InChI is InChI=1S/C18H13F4N3/c19-15-4-2-1-3-13(15)16-14-9-10-23-17(14)25(24-16)12-7-5-11(6-8-12)18(20,21)22/h1-8,23H,9-10H2. The minimum absolute atomic E-state index is 0.380. The lowest BCUT2D eigenvalue weighted by Gasteiger charge is -2.09. The third-order valence-corrected chi connectivity index (χ3v) is 4.22. The second-order valence-electron chi connectivity index (χ2n) is 5.79. The molecule has 0 amide bonds. The van der Waals surface area contributed by atoms with E-state index in [2.05, 4.69) is 10.4 Å². The molecule has 1 aliphatic rings. The molecule has 1 N–H and O–H groups in total. The van der Waals surface area contributed by atoms with E-state index in [-0.39, 0.29) is 5.82 Å². The van der Waals surface area contributed by atoms with Crippen molar-refractivity contribution in [2.24, 2.45) is 0 Å². The summed E-state index contributed by atoms with van der Waals surface area (Å²) in [4.78, 5) is 0. The third-order valence-electron chi connectivity index (χ3n) is 4.22. The highest BCUT2D eigenvalue weighted by Crippen LogP contribution is 2.36. The lowest BCUT2D eigenvalue weighted by atomic mass is 10.1. The van der Waals surface area contributed by atoms with Gasteiger partial charge in [-0.2, -0.15) is 18.3 Å². The van der Waals surface area contributed by atoms with Crippen LogP contribution in [0.25, 0.3) is 16.9 Å². The van der Waals surface area contributed by atoms with E-state index in [1.165, 1.54) is 22.9 Å². The van der Waals surface area contributed by atoms with Crippen molar-refractivity contribution in [2.45, 2.75) is 12.6 Å². The first-order valence-corrected chi connectivity index (χ1v) is 7.73. The van der Waals surface area contributed by atoms with Gasteiger partial charge in [-0.1, -0.05) is 12.1 Å². The average Bonchev–Trinajstić information content (AvgIpc) is 3.17. The molecule has 0 radical (unpaired) electrons. The summed E-state index contributed by atoms with van der Waals surface area (Å²) < 4.78 is 53.9. The van der Waals surface area contributed by atoms with Gasteiger partial charge in [0.15, 0.2) is 0 Å². The first-order chi connectivity index (χ1) is 11.9. The number of rotatable bonds is 2. The number of fused-ring (bicyclic) bond motifs is 1. The topological polar surface area (TPSA) is 29.9 Å². The van der Waals surface area contributed by atoms with Crippen molar-refractivity contribution in [1.29, 1.82) is 0 Å². The van der Waals surface area contributed by atoms with Crippen LogP contribution in [0.1, 0.15) is 11.1 Å². The summed E-state index contributed by atoms with van der Waals surface area (Å²) in [5.74, 6) is 0.312. The van der Waals surface area contributed by atoms with Gasteiger partial charge in [0.25, 0.3) is 0 Å². The van der Waals surface area contributed by atoms with Crippen LogP contribution in [0.3, 0.4) is 0 Å². The lowest BCUT2D eigenvalue weighted by Crippen LogP contribution is -2.07. The molecule has 0 fully saturated rings. The molecule has 0 saturated carbocycles. The first-order valence-electron chi connectivity index (χ1n) is 7.73. The number of hydrogen-bond donors (Lipinski definition) is 1. The van der Waals surface area contributed by atoms with Crippen LogP contribution in [0.2, 0.25) is 0 Å². The third kappa shape index (κ3) is 2.65. The maximum atomic E-state index is 14.1. The number of nitrogens with zero attached hydrogens (tertiary/aromatic N) is 2. The van der Waals surface area contributed by atoms with E-state index in [1.54, 1.807) is 18.2 Å². The number of alkyl halides is 3. The predicted molar refractivity (Wildman–Crippen MR) is 86.2 cm³/mol. The fourth-order valence-corrected chi connectivity index (χ4v) is 3.02. The van der Waals surface area contributed by atoms with Crippen molar-refractivity contribution in [1.82, 2.24) is 9.78 Å². The molecule has 0 saturated heterocycles. The van der Waals surface area contributed by atoms with E-state index in [0.717, 1.165) is 17.7 Å². The number of halogens is 4. The van der Waals surface area contributed by atoms with Gasteiger partial charge in [-0.05, 0) is 42.8 Å². The number of benzene rings is 2. The number of anilines is 1. The zero-order valence-corrected chi connectivity index (χ0v) is 12.9. The number of hydrogen-bond acceptors (Lipinski definition) is 2. The second-order valence-corrected chi connectivity index (χ2v) is 5.79. The maximum absolute atomic E-state index is 14.1. The van der Waals surface area contributed by atoms with Crippen molar-refractivity contribution >= 4 is 5.82 Å². The van der Waals surface area contributed by atoms with Gasteiger partial charge in [0, 0.05) is 17.7 Å². The lowest BCUT2D eigenvalue weighted by molar-refractivity contribution is -0.137. The van der Waals surface area contributed by atoms with Crippen LogP contribution in [0.15, 0.2) is 48.5 Å². The minimum atomic E-state index is -4.39. The quantitative estimate of drug-likeness (QED) is 0.683. The molecule has 0 atom stereocenters. The SMILES string of the molecule is Fc1ccccc1-c1nn(-c2ccc(C(F)(F)F)cc2)c2c1CCN2. The van der Waals surface area contributed by atoms with Gasteiger partial charge in [-0.3, -0.25) is 0 Å². The summed E-state index contributed by atoms with van der Waals surface area (Å²) in [6, 6.07) is 11.1. The minimum Gasteiger partial charge on any atom is -0.369 e. The average molecular weight is 347 g/mol. The van der Waals surface area contributed by atoms with Crippen molar-refractivity contribution in [2.75, 3.05) is 11.9 Å². The van der Waals surface area contributed by atoms with Crippen LogP contribution in [-0.2, 0) is 12.6 Å². The Hall–Kier alpha value is -2.83. The van der Waals surface area contributed by atoms with Gasteiger partial charge in [0.05, 0.1) is 11.3 Å². The van der Waals surface area contributed by atoms with E-state index >= 15 is 0 Å². The van der Waals surface area contributed by atoms with Crippen LogP contribution in [0, 0.1) is 5.82 Å². The molecule has 3 nitrogen and oxygen atoms in total. The fourth-order valence-electron chi connectivity index (χ4n) is 3.02. The molecule has 7 heteroatoms. The Bertz CT molecular complexity index is 926. The zero-order chi connectivity index (χ0) is 17.6. The molecule has 25 heavy (non-hydrogen) atoms. The van der Waals surface area contributed by atoms with Gasteiger partial charge in [-0.25, -0.2) is 9.07 Å². The van der Waals surface area contributed by atoms with E-state index in [0.29, 0.717) is 35.7 Å². The largest absolute Gasteiger partial charge is 0.416 e. The van der Waals surface area contributed by atoms with Crippen LogP contribution >= 0.6 is 0 Å². The van der Waals surface area contributed by atoms with Crippen molar-refractivity contribution in [3.63, 3.8) is 0 Å². The van der Waals surface area contributed by atoms with Crippen LogP contribution in [0.5, 0.6) is 0 Å². The molecule has 0 bridgehead atoms. The van der Waals surface area contributed by atoms with Crippen molar-refractivity contribution in [3.05, 3.63) is 65.5 Å².